The number of hydrogen-bond donors (Lipinski definition) is 1. The van der Waals surface area contributed by atoms with E-state index in [0.29, 0.717) is 32.7 Å². The maximum atomic E-state index is 12.9. The van der Waals surface area contributed by atoms with Crippen molar-refractivity contribution in [3.8, 4) is 0 Å². The Hall–Kier alpha value is -2.64. The lowest BCUT2D eigenvalue weighted by molar-refractivity contribution is -0.137. The largest absolute Gasteiger partial charge is 0.445 e. The molecule has 1 N–H and O–H groups in total. The van der Waals surface area contributed by atoms with Crippen LogP contribution in [0.2, 0.25) is 0 Å². The van der Waals surface area contributed by atoms with Crippen molar-refractivity contribution in [1.29, 1.82) is 0 Å². The van der Waals surface area contributed by atoms with Gasteiger partial charge in [0.25, 0.3) is 0 Å². The predicted molar refractivity (Wildman–Crippen MR) is 106 cm³/mol. The van der Waals surface area contributed by atoms with Crippen molar-refractivity contribution in [2.75, 3.05) is 26.3 Å². The average Bonchev–Trinajstić information content (AvgIpc) is 2.73. The van der Waals surface area contributed by atoms with Gasteiger partial charge in [-0.3, -0.25) is 9.78 Å². The van der Waals surface area contributed by atoms with Crippen LogP contribution in [0.1, 0.15) is 11.1 Å². The molecule has 1 aromatic carbocycles. The second-order valence-electron chi connectivity index (χ2n) is 6.26. The number of nitrogens with one attached hydrogen (secondary N) is 1. The van der Waals surface area contributed by atoms with Gasteiger partial charge in [-0.2, -0.15) is 0 Å². The fourth-order valence-electron chi connectivity index (χ4n) is 2.87. The van der Waals surface area contributed by atoms with Crippen molar-refractivity contribution in [1.82, 2.24) is 15.2 Å². The van der Waals surface area contributed by atoms with Crippen molar-refractivity contribution in [2.45, 2.75) is 19.1 Å². The summed E-state index contributed by atoms with van der Waals surface area (Å²) in [6.45, 7) is 2.19. The number of alkyl carbamates (subject to hydrolysis) is 1. The fraction of sp³-hybridized carbons (Fsp3) is 0.350. The van der Waals surface area contributed by atoms with Crippen LogP contribution >= 0.6 is 12.4 Å². The molecule has 28 heavy (non-hydrogen) atoms. The van der Waals surface area contributed by atoms with Crippen molar-refractivity contribution in [2.24, 2.45) is 0 Å². The van der Waals surface area contributed by atoms with Gasteiger partial charge in [0.2, 0.25) is 5.91 Å². The number of pyridine rings is 1. The van der Waals surface area contributed by atoms with E-state index < -0.39 is 12.1 Å². The van der Waals surface area contributed by atoms with E-state index in [0.717, 1.165) is 11.1 Å². The summed E-state index contributed by atoms with van der Waals surface area (Å²) in [5.74, 6) is -0.122. The molecule has 2 aromatic rings. The van der Waals surface area contributed by atoms with Crippen LogP contribution in [0.4, 0.5) is 4.79 Å². The minimum atomic E-state index is -0.685. The Kier molecular flexibility index (Phi) is 8.71. The summed E-state index contributed by atoms with van der Waals surface area (Å²) in [6, 6.07) is 12.5. The zero-order chi connectivity index (χ0) is 18.9. The molecule has 2 heterocycles. The SMILES string of the molecule is Cl.O=C(N[C@@H](Cc1ccccc1)C(=O)N1CCOCC1)OCc1ccncc1. The summed E-state index contributed by atoms with van der Waals surface area (Å²) in [5.41, 5.74) is 1.80. The van der Waals surface area contributed by atoms with E-state index in [4.69, 9.17) is 9.47 Å². The number of benzene rings is 1. The van der Waals surface area contributed by atoms with Crippen LogP contribution in [0.25, 0.3) is 0 Å². The molecule has 7 nitrogen and oxygen atoms in total. The normalized spacial score (nSPS) is 14.5. The van der Waals surface area contributed by atoms with Crippen molar-refractivity contribution in [3.63, 3.8) is 0 Å². The third-order valence-corrected chi connectivity index (χ3v) is 4.31. The Balaban J connectivity index is 0.00000280. The van der Waals surface area contributed by atoms with Crippen LogP contribution in [0.15, 0.2) is 54.9 Å². The third-order valence-electron chi connectivity index (χ3n) is 4.31. The summed E-state index contributed by atoms with van der Waals surface area (Å²) in [6.07, 6.45) is 3.06. The first-order chi connectivity index (χ1) is 13.2. The van der Waals surface area contributed by atoms with Crippen LogP contribution in [-0.2, 0) is 27.3 Å². The molecule has 1 aromatic heterocycles. The summed E-state index contributed by atoms with van der Waals surface area (Å²) >= 11 is 0. The van der Waals surface area contributed by atoms with Gasteiger partial charge < -0.3 is 19.7 Å². The van der Waals surface area contributed by atoms with Gasteiger partial charge in [0.1, 0.15) is 12.6 Å². The van der Waals surface area contributed by atoms with Crippen LogP contribution in [-0.4, -0.2) is 54.2 Å². The van der Waals surface area contributed by atoms with Crippen molar-refractivity contribution < 1.29 is 19.1 Å². The number of amides is 2. The molecule has 1 fully saturated rings. The number of ether oxygens (including phenoxy) is 2. The number of carbonyl (C=O) groups is 2. The molecular weight excluding hydrogens is 382 g/mol. The monoisotopic (exact) mass is 405 g/mol. The summed E-state index contributed by atoms with van der Waals surface area (Å²) < 4.78 is 10.6. The zero-order valence-corrected chi connectivity index (χ0v) is 16.3. The summed E-state index contributed by atoms with van der Waals surface area (Å²) in [7, 11) is 0. The predicted octanol–water partition coefficient (Wildman–Crippen LogP) is 2.20. The number of morpholine rings is 1. The third kappa shape index (κ3) is 6.51. The molecule has 1 atom stereocenters. The quantitative estimate of drug-likeness (QED) is 0.796. The summed E-state index contributed by atoms with van der Waals surface area (Å²) in [4.78, 5) is 30.8. The standard InChI is InChI=1S/C20H23N3O4.ClH/c24-19(23-10-12-26-13-11-23)18(14-16-4-2-1-3-5-16)22-20(25)27-15-17-6-8-21-9-7-17;/h1-9,18H,10-15H2,(H,22,25);1H/t18-;/m0./s1. The van der Waals surface area contributed by atoms with E-state index in [2.05, 4.69) is 10.3 Å². The number of carbonyl (C=O) groups excluding carboxylic acids is 2. The topological polar surface area (TPSA) is 80.8 Å². The highest BCUT2D eigenvalue weighted by Crippen LogP contribution is 2.09. The van der Waals surface area contributed by atoms with Gasteiger partial charge in [-0.1, -0.05) is 30.3 Å². The first-order valence-corrected chi connectivity index (χ1v) is 8.95. The van der Waals surface area contributed by atoms with Crippen molar-refractivity contribution >= 4 is 24.4 Å². The lowest BCUT2D eigenvalue weighted by atomic mass is 10.0. The molecule has 1 aliphatic heterocycles. The van der Waals surface area contributed by atoms with E-state index >= 15 is 0 Å². The maximum absolute atomic E-state index is 12.9. The molecule has 3 rings (SSSR count). The molecule has 1 aliphatic rings. The molecule has 0 bridgehead atoms. The Labute approximate surface area is 170 Å². The number of halogens is 1. The molecule has 0 unspecified atom stereocenters. The fourth-order valence-corrected chi connectivity index (χ4v) is 2.87. The van der Waals surface area contributed by atoms with Gasteiger partial charge in [-0.15, -0.1) is 12.4 Å². The van der Waals surface area contributed by atoms with Gasteiger partial charge in [-0.25, -0.2) is 4.79 Å². The van der Waals surface area contributed by atoms with Crippen LogP contribution in [0.3, 0.4) is 0 Å². The van der Waals surface area contributed by atoms with Crippen LogP contribution in [0.5, 0.6) is 0 Å². The van der Waals surface area contributed by atoms with Gasteiger partial charge in [0.05, 0.1) is 13.2 Å². The highest BCUT2D eigenvalue weighted by molar-refractivity contribution is 5.86. The van der Waals surface area contributed by atoms with E-state index in [1.165, 1.54) is 0 Å². The zero-order valence-electron chi connectivity index (χ0n) is 15.5. The molecule has 0 radical (unpaired) electrons. The lowest BCUT2D eigenvalue weighted by Gasteiger charge is -2.30. The van der Waals surface area contributed by atoms with Crippen LogP contribution < -0.4 is 5.32 Å². The molecular formula is C20H24ClN3O4. The highest BCUT2D eigenvalue weighted by atomic mass is 35.5. The van der Waals surface area contributed by atoms with Crippen molar-refractivity contribution in [3.05, 3.63) is 66.0 Å². The molecule has 2 amide bonds. The maximum Gasteiger partial charge on any atom is 0.408 e. The van der Waals surface area contributed by atoms with E-state index in [-0.39, 0.29) is 24.9 Å². The molecule has 0 saturated carbocycles. The van der Waals surface area contributed by atoms with Gasteiger partial charge in [0, 0.05) is 31.9 Å². The molecule has 1 saturated heterocycles. The molecule has 150 valence electrons. The minimum Gasteiger partial charge on any atom is -0.445 e. The number of hydrogen-bond acceptors (Lipinski definition) is 5. The molecule has 0 aliphatic carbocycles. The second-order valence-corrected chi connectivity index (χ2v) is 6.26. The Bertz CT molecular complexity index is 740. The Morgan fingerprint density at radius 1 is 1.07 bits per heavy atom. The molecule has 0 spiro atoms. The van der Waals surface area contributed by atoms with Gasteiger partial charge in [0.15, 0.2) is 0 Å². The summed E-state index contributed by atoms with van der Waals surface area (Å²) in [5, 5.41) is 2.72. The number of aromatic nitrogens is 1. The minimum absolute atomic E-state index is 0. The first-order valence-electron chi connectivity index (χ1n) is 8.95. The Morgan fingerprint density at radius 2 is 1.75 bits per heavy atom. The number of rotatable bonds is 6. The molecule has 8 heteroatoms. The highest BCUT2D eigenvalue weighted by Gasteiger charge is 2.28. The van der Waals surface area contributed by atoms with E-state index in [1.54, 1.807) is 29.4 Å². The van der Waals surface area contributed by atoms with Crippen LogP contribution in [0, 0.1) is 0 Å². The lowest BCUT2D eigenvalue weighted by Crippen LogP contribution is -2.52. The second kappa shape index (κ2) is 11.3. The first kappa shape index (κ1) is 21.7. The number of nitrogens with zero attached hydrogens (tertiary/aromatic N) is 2. The smallest absolute Gasteiger partial charge is 0.408 e. The van der Waals surface area contributed by atoms with Gasteiger partial charge >= 0.3 is 6.09 Å². The van der Waals surface area contributed by atoms with Gasteiger partial charge in [-0.05, 0) is 23.3 Å². The Morgan fingerprint density at radius 3 is 2.43 bits per heavy atom. The average molecular weight is 406 g/mol. The van der Waals surface area contributed by atoms with E-state index in [9.17, 15) is 9.59 Å². The van der Waals surface area contributed by atoms with E-state index in [1.807, 2.05) is 30.3 Å².